The summed E-state index contributed by atoms with van der Waals surface area (Å²) in [6, 6.07) is 0. The molecule has 4 rings (SSSR count). The molecule has 3 aliphatic heterocycles. The maximum absolute atomic E-state index is 11.1. The summed E-state index contributed by atoms with van der Waals surface area (Å²) in [7, 11) is 0. The lowest BCUT2D eigenvalue weighted by atomic mass is 9.87. The van der Waals surface area contributed by atoms with Gasteiger partial charge in [0.2, 0.25) is 0 Å². The standard InChI is InChI=1S/C16H24O8.C12H18O6.3C8H12O4.2C8H10O3.C4H6O2.I2/c17-5-3-11(8-19)14(22)1-2-15(23)13(10-21)7-16(24)12(9-20)4-6-18;13-5-3-9(7-15)11(17)1-2-12(18)10(8-16)4-6-14;9-4-3-6(5-10)7-1-2-8(11)12-7;9-3-1-2-7-6(5-10)4-8(11)12-7;9-4-1-2-8(12)7(6-11)3-5-10;9-4-5-1-6-3-8(10)11-7(6)2-5;9-5-2-1-3-8(7-11)4-6-10;5-3-1-2-4-6;1-2/h5-6,8-16,22-24H,1-4,7H2;5-12,17-18H,1-4H2;4-8,11H,1-3H2;3,5-8,11H,1-2,4H2;4-8,12H,1-3H2;1,4,6-8,10H,2-3H2;3,5-7H,1-2,4H2;3-4H,1-2H2;/t11-,12?,13?,14+,15?,16?;9-,10?,11+,12?;2*6-,7+,8?;7-,8+;6-,7-,8?;;;/m111110.../s1. The average Bonchev–Trinajstić information content (AvgIpc) is 1.68. The number of fused-ring (bicyclic) bond motifs is 1. The highest BCUT2D eigenvalue weighted by Gasteiger charge is 2.38. The molecule has 108 heavy (non-hydrogen) atoms. The zero-order chi connectivity index (χ0) is 83.0. The first-order chi connectivity index (χ1) is 51.9. The summed E-state index contributed by atoms with van der Waals surface area (Å²) in [4.78, 5) is 226. The van der Waals surface area contributed by atoms with Gasteiger partial charge in [0.25, 0.3) is 0 Å². The largest absolute Gasteiger partial charge is 0.392 e. The van der Waals surface area contributed by atoms with Crippen molar-refractivity contribution in [1.82, 2.24) is 0 Å². The van der Waals surface area contributed by atoms with E-state index in [0.717, 1.165) is 49.6 Å². The predicted molar refractivity (Wildman–Crippen MR) is 393 cm³/mol. The fraction of sp³-hybridized carbons (Fsp3) is 0.639. The summed E-state index contributed by atoms with van der Waals surface area (Å²) in [6.07, 6.45) is 13.6. The van der Waals surface area contributed by atoms with Gasteiger partial charge in [0, 0.05) is 193 Å². The molecule has 3 fully saturated rings. The number of aliphatic hydroxyl groups is 9. The van der Waals surface area contributed by atoms with Gasteiger partial charge in [-0.2, -0.15) is 0 Å². The van der Waals surface area contributed by atoms with Crippen molar-refractivity contribution < 1.29 is 166 Å². The van der Waals surface area contributed by atoms with Crippen molar-refractivity contribution in [2.75, 3.05) is 0 Å². The fourth-order valence-corrected chi connectivity index (χ4v) is 10.1. The van der Waals surface area contributed by atoms with Gasteiger partial charge in [0.15, 0.2) is 18.9 Å². The molecule has 0 aromatic carbocycles. The van der Waals surface area contributed by atoms with Gasteiger partial charge in [0.1, 0.15) is 138 Å². The molecule has 0 spiro atoms. The highest BCUT2D eigenvalue weighted by Crippen LogP contribution is 2.36. The third-order valence-electron chi connectivity index (χ3n) is 16.4. The van der Waals surface area contributed by atoms with Crippen molar-refractivity contribution in [3.8, 4) is 0 Å². The summed E-state index contributed by atoms with van der Waals surface area (Å²) in [5, 5.41) is 85.2. The number of unbranched alkanes of at least 4 members (excludes halogenated alkanes) is 2. The molecule has 0 amide bonds. The highest BCUT2D eigenvalue weighted by atomic mass is 128. The molecule has 610 valence electrons. The van der Waals surface area contributed by atoms with Gasteiger partial charge in [-0.15, -0.1) is 0 Å². The summed E-state index contributed by atoms with van der Waals surface area (Å²) >= 11 is 4.24. The van der Waals surface area contributed by atoms with Gasteiger partial charge in [0.05, 0.1) is 54.9 Å². The second kappa shape index (κ2) is 75.6. The van der Waals surface area contributed by atoms with Gasteiger partial charge in [-0.25, -0.2) is 0 Å². The van der Waals surface area contributed by atoms with Crippen LogP contribution in [0.3, 0.4) is 0 Å². The van der Waals surface area contributed by atoms with Crippen LogP contribution >= 0.6 is 37.2 Å². The zero-order valence-corrected chi connectivity index (χ0v) is 64.0. The molecular formula is C72H104I2O34. The second-order valence-corrected chi connectivity index (χ2v) is 24.2. The molecule has 34 nitrogen and oxygen atoms in total. The Morgan fingerprint density at radius 3 is 1.15 bits per heavy atom. The molecule has 1 aliphatic carbocycles. The van der Waals surface area contributed by atoms with E-state index in [4.69, 9.17) is 29.5 Å². The van der Waals surface area contributed by atoms with Crippen LogP contribution in [0.1, 0.15) is 161 Å². The zero-order valence-electron chi connectivity index (χ0n) is 59.6. The lowest BCUT2D eigenvalue weighted by Crippen LogP contribution is -2.32. The molecule has 3 saturated heterocycles. The third-order valence-corrected chi connectivity index (χ3v) is 16.4. The molecule has 0 bridgehead atoms. The SMILES string of the molecule is II.O=CC1=C[C@H]2CC(O)O[C@H]2C1.O=CCC(C=O)C(O)CC(C=O)C(O)CC[C@H](O)[C@@H](C=O)CC=O.O=CCC(C=O)C(O)CC[C@H](O)[C@@H](C=O)CC=O.O=CCCC=C(C=O)CC=O.O=CCCC=O.O=CCC[C@@H]1OC(O)C[C@@H]1C=O.O=CCC[C@H](O)[C@@H](C=O)CC=O.O=CC[C@H](C=O)[C@@H]1CCC(O)O1. The third kappa shape index (κ3) is 53.9. The number of ether oxygens (including phenoxy) is 3. The smallest absolute Gasteiger partial charge is 0.155 e. The normalized spacial score (nSPS) is 21.8. The summed E-state index contributed by atoms with van der Waals surface area (Å²) < 4.78 is 15.2. The maximum atomic E-state index is 11.1. The van der Waals surface area contributed by atoms with Crippen molar-refractivity contribution in [2.45, 2.75) is 234 Å². The number of carbonyl (C=O) groups excluding carboxylic acids is 22. The Morgan fingerprint density at radius 1 is 0.407 bits per heavy atom. The first-order valence-corrected chi connectivity index (χ1v) is 40.6. The summed E-state index contributed by atoms with van der Waals surface area (Å²) in [5.41, 5.74) is 1.26. The van der Waals surface area contributed by atoms with Crippen molar-refractivity contribution in [2.24, 2.45) is 53.3 Å². The molecule has 0 aromatic rings. The van der Waals surface area contributed by atoms with Crippen LogP contribution in [0, 0.1) is 53.3 Å². The minimum atomic E-state index is -1.25. The highest BCUT2D eigenvalue weighted by molar-refractivity contribution is 15.0. The van der Waals surface area contributed by atoms with E-state index in [1.807, 2.05) is 6.08 Å². The second-order valence-electron chi connectivity index (χ2n) is 24.2. The van der Waals surface area contributed by atoms with E-state index in [0.29, 0.717) is 170 Å². The molecule has 21 atom stereocenters. The van der Waals surface area contributed by atoms with E-state index < -0.39 is 91.0 Å². The topological polar surface area (TPSA) is 585 Å². The number of halogens is 2. The predicted octanol–water partition coefficient (Wildman–Crippen LogP) is 0.520. The fourth-order valence-electron chi connectivity index (χ4n) is 10.1. The Hall–Kier alpha value is -6.80. The van der Waals surface area contributed by atoms with Gasteiger partial charge >= 0.3 is 0 Å². The van der Waals surface area contributed by atoms with Crippen LogP contribution < -0.4 is 0 Å². The van der Waals surface area contributed by atoms with E-state index in [9.17, 15) is 136 Å². The maximum Gasteiger partial charge on any atom is 0.155 e. The van der Waals surface area contributed by atoms with Gasteiger partial charge in [-0.3, -0.25) is 9.59 Å². The lowest BCUT2D eigenvalue weighted by molar-refractivity contribution is -0.130. The Bertz CT molecular complexity index is 2590. The Labute approximate surface area is 648 Å². The summed E-state index contributed by atoms with van der Waals surface area (Å²) in [5.74, 6) is -5.43. The number of hydrogen-bond acceptors (Lipinski definition) is 34. The van der Waals surface area contributed by atoms with Crippen LogP contribution in [0.25, 0.3) is 0 Å². The number of aliphatic hydroxyl groups excluding tert-OH is 9. The molecule has 9 unspecified atom stereocenters. The van der Waals surface area contributed by atoms with E-state index >= 15 is 0 Å². The lowest BCUT2D eigenvalue weighted by Gasteiger charge is -2.24. The minimum absolute atomic E-state index is 0.00963. The molecule has 4 aliphatic rings. The van der Waals surface area contributed by atoms with Gasteiger partial charge in [-0.1, -0.05) is 12.2 Å². The number of rotatable bonds is 51. The van der Waals surface area contributed by atoms with Crippen LogP contribution in [0.2, 0.25) is 0 Å². The molecular weight excluding hydrogens is 1660 g/mol. The molecule has 0 saturated carbocycles. The van der Waals surface area contributed by atoms with Crippen LogP contribution in [0.5, 0.6) is 0 Å². The minimum Gasteiger partial charge on any atom is -0.392 e. The van der Waals surface area contributed by atoms with Crippen molar-refractivity contribution in [1.29, 1.82) is 0 Å². The van der Waals surface area contributed by atoms with Crippen LogP contribution in [0.4, 0.5) is 0 Å². The number of carbonyl (C=O) groups is 22. The average molecular weight is 1770 g/mol. The van der Waals surface area contributed by atoms with E-state index in [1.54, 1.807) is 6.08 Å². The van der Waals surface area contributed by atoms with E-state index in [-0.39, 0.29) is 126 Å². The summed E-state index contributed by atoms with van der Waals surface area (Å²) in [6.45, 7) is 0. The quantitative estimate of drug-likeness (QED) is 0.0173. The molecule has 36 heteroatoms. The van der Waals surface area contributed by atoms with Gasteiger partial charge in [-0.05, 0) is 68.9 Å². The van der Waals surface area contributed by atoms with E-state index in [1.165, 1.54) is 0 Å². The Balaban J connectivity index is -0.000000382. The van der Waals surface area contributed by atoms with Gasteiger partial charge < -0.3 is 156 Å². The Morgan fingerprint density at radius 2 is 0.806 bits per heavy atom. The Kier molecular flexibility index (Phi) is 76.9. The van der Waals surface area contributed by atoms with Crippen molar-refractivity contribution >= 4 is 176 Å². The van der Waals surface area contributed by atoms with Crippen LogP contribution in [0.15, 0.2) is 23.3 Å². The first-order valence-electron chi connectivity index (χ1n) is 34.3. The van der Waals surface area contributed by atoms with E-state index in [2.05, 4.69) is 37.2 Å². The van der Waals surface area contributed by atoms with Crippen molar-refractivity contribution in [3.05, 3.63) is 23.3 Å². The molecule has 3 heterocycles. The molecule has 0 radical (unpaired) electrons. The number of allylic oxidation sites excluding steroid dienone is 2. The van der Waals surface area contributed by atoms with Crippen molar-refractivity contribution in [3.63, 3.8) is 0 Å². The number of hydrogen-bond donors (Lipinski definition) is 9. The van der Waals surface area contributed by atoms with Crippen LogP contribution in [-0.2, 0) is 120 Å². The number of aldehydes is 22. The van der Waals surface area contributed by atoms with Crippen LogP contribution in [-0.4, -0.2) is 258 Å². The molecule has 9 N–H and O–H groups in total. The molecule has 0 aromatic heterocycles. The first kappa shape index (κ1) is 110. The monoisotopic (exact) mass is 1770 g/mol.